The van der Waals surface area contributed by atoms with Crippen LogP contribution in [0.25, 0.3) is 0 Å². The van der Waals surface area contributed by atoms with Gasteiger partial charge in [-0.15, -0.1) is 0 Å². The number of nitrogens with one attached hydrogen (secondary N) is 1. The molecule has 5 nitrogen and oxygen atoms in total. The van der Waals surface area contributed by atoms with E-state index in [2.05, 4.69) is 17.2 Å². The van der Waals surface area contributed by atoms with Crippen molar-refractivity contribution in [2.24, 2.45) is 0 Å². The SMILES string of the molecule is CCCCCCNC(=O)c1ccc(OCc2ccncc2)c(OCC)c1. The zero-order valence-electron chi connectivity index (χ0n) is 15.7. The summed E-state index contributed by atoms with van der Waals surface area (Å²) in [4.78, 5) is 16.3. The van der Waals surface area contributed by atoms with Gasteiger partial charge in [-0.2, -0.15) is 0 Å². The third kappa shape index (κ3) is 6.39. The van der Waals surface area contributed by atoms with Gasteiger partial charge in [0.15, 0.2) is 11.5 Å². The first kappa shape index (κ1) is 19.8. The second-order valence-corrected chi connectivity index (χ2v) is 6.06. The summed E-state index contributed by atoms with van der Waals surface area (Å²) < 4.78 is 11.5. The summed E-state index contributed by atoms with van der Waals surface area (Å²) in [5.41, 5.74) is 1.61. The molecule has 26 heavy (non-hydrogen) atoms. The molecule has 0 aliphatic heterocycles. The second-order valence-electron chi connectivity index (χ2n) is 6.06. The standard InChI is InChI=1S/C21H28N2O3/c1-3-5-6-7-12-23-21(24)18-8-9-19(20(15-18)25-4-2)26-16-17-10-13-22-14-11-17/h8-11,13-15H,3-7,12,16H2,1-2H3,(H,23,24). The molecular formula is C21H28N2O3. The minimum Gasteiger partial charge on any atom is -0.490 e. The van der Waals surface area contributed by atoms with Gasteiger partial charge in [0.2, 0.25) is 0 Å². The molecule has 0 spiro atoms. The Bertz CT molecular complexity index is 674. The number of carbonyl (C=O) groups excluding carboxylic acids is 1. The van der Waals surface area contributed by atoms with Crippen molar-refractivity contribution in [3.05, 3.63) is 53.9 Å². The summed E-state index contributed by atoms with van der Waals surface area (Å²) in [6.07, 6.45) is 8.00. The maximum atomic E-state index is 12.3. The Morgan fingerprint density at radius 3 is 2.54 bits per heavy atom. The molecular weight excluding hydrogens is 328 g/mol. The number of hydrogen-bond donors (Lipinski definition) is 1. The lowest BCUT2D eigenvalue weighted by Crippen LogP contribution is -2.24. The van der Waals surface area contributed by atoms with Crippen LogP contribution in [0.5, 0.6) is 11.5 Å². The lowest BCUT2D eigenvalue weighted by Gasteiger charge is -2.13. The zero-order chi connectivity index (χ0) is 18.6. The second kappa shape index (κ2) is 11.1. The number of pyridine rings is 1. The van der Waals surface area contributed by atoms with E-state index in [1.807, 2.05) is 19.1 Å². The molecule has 0 saturated carbocycles. The maximum absolute atomic E-state index is 12.3. The zero-order valence-corrected chi connectivity index (χ0v) is 15.7. The molecule has 1 aromatic heterocycles. The van der Waals surface area contributed by atoms with Crippen LogP contribution in [0, 0.1) is 0 Å². The van der Waals surface area contributed by atoms with E-state index in [4.69, 9.17) is 9.47 Å². The van der Waals surface area contributed by atoms with Crippen LogP contribution in [0.2, 0.25) is 0 Å². The van der Waals surface area contributed by atoms with E-state index in [0.717, 1.165) is 18.4 Å². The first-order valence-electron chi connectivity index (χ1n) is 9.31. The number of hydrogen-bond acceptors (Lipinski definition) is 4. The molecule has 0 bridgehead atoms. The lowest BCUT2D eigenvalue weighted by atomic mass is 10.1. The van der Waals surface area contributed by atoms with Crippen LogP contribution >= 0.6 is 0 Å². The van der Waals surface area contributed by atoms with Crippen LogP contribution in [0.3, 0.4) is 0 Å². The Morgan fingerprint density at radius 2 is 1.81 bits per heavy atom. The van der Waals surface area contributed by atoms with Crippen molar-refractivity contribution < 1.29 is 14.3 Å². The van der Waals surface area contributed by atoms with Gasteiger partial charge in [0.1, 0.15) is 6.61 Å². The third-order valence-corrected chi connectivity index (χ3v) is 3.97. The Morgan fingerprint density at radius 1 is 1.00 bits per heavy atom. The van der Waals surface area contributed by atoms with Crippen molar-refractivity contribution in [3.63, 3.8) is 0 Å². The van der Waals surface area contributed by atoms with E-state index >= 15 is 0 Å². The monoisotopic (exact) mass is 356 g/mol. The van der Waals surface area contributed by atoms with Gasteiger partial charge >= 0.3 is 0 Å². The molecule has 5 heteroatoms. The highest BCUT2D eigenvalue weighted by atomic mass is 16.5. The molecule has 0 saturated heterocycles. The van der Waals surface area contributed by atoms with Crippen LogP contribution < -0.4 is 14.8 Å². The Labute approximate surface area is 155 Å². The smallest absolute Gasteiger partial charge is 0.251 e. The highest BCUT2D eigenvalue weighted by Crippen LogP contribution is 2.29. The van der Waals surface area contributed by atoms with Crippen molar-refractivity contribution in [2.75, 3.05) is 13.2 Å². The van der Waals surface area contributed by atoms with Gasteiger partial charge in [-0.1, -0.05) is 26.2 Å². The quantitative estimate of drug-likeness (QED) is 0.607. The number of carbonyl (C=O) groups is 1. The summed E-state index contributed by atoms with van der Waals surface area (Å²) in [6, 6.07) is 9.11. The highest BCUT2D eigenvalue weighted by Gasteiger charge is 2.11. The molecule has 0 aliphatic carbocycles. The molecule has 0 aliphatic rings. The van der Waals surface area contributed by atoms with Crippen LogP contribution in [0.1, 0.15) is 55.5 Å². The minimum atomic E-state index is -0.0804. The number of amides is 1. The predicted octanol–water partition coefficient (Wildman–Crippen LogP) is 4.37. The average Bonchev–Trinajstić information content (AvgIpc) is 2.67. The largest absolute Gasteiger partial charge is 0.490 e. The van der Waals surface area contributed by atoms with Crippen LogP contribution in [0.15, 0.2) is 42.7 Å². The summed E-state index contributed by atoms with van der Waals surface area (Å²) in [5, 5.41) is 2.96. The van der Waals surface area contributed by atoms with Crippen LogP contribution in [-0.2, 0) is 6.61 Å². The van der Waals surface area contributed by atoms with Crippen LogP contribution in [-0.4, -0.2) is 24.0 Å². The molecule has 1 amide bonds. The molecule has 140 valence electrons. The van der Waals surface area contributed by atoms with Crippen molar-refractivity contribution in [3.8, 4) is 11.5 Å². The van der Waals surface area contributed by atoms with Crippen molar-refractivity contribution in [1.82, 2.24) is 10.3 Å². The van der Waals surface area contributed by atoms with Gasteiger partial charge in [-0.25, -0.2) is 0 Å². The number of ether oxygens (including phenoxy) is 2. The number of aromatic nitrogens is 1. The van der Waals surface area contributed by atoms with Gasteiger partial charge < -0.3 is 14.8 Å². The fourth-order valence-electron chi connectivity index (χ4n) is 2.53. The van der Waals surface area contributed by atoms with E-state index < -0.39 is 0 Å². The first-order chi connectivity index (χ1) is 12.7. The lowest BCUT2D eigenvalue weighted by molar-refractivity contribution is 0.0952. The van der Waals surface area contributed by atoms with Crippen molar-refractivity contribution in [1.29, 1.82) is 0 Å². The normalized spacial score (nSPS) is 10.4. The van der Waals surface area contributed by atoms with Crippen molar-refractivity contribution >= 4 is 5.91 Å². The van der Waals surface area contributed by atoms with Gasteiger partial charge in [-0.3, -0.25) is 9.78 Å². The number of benzene rings is 1. The molecule has 0 radical (unpaired) electrons. The topological polar surface area (TPSA) is 60.5 Å². The summed E-state index contributed by atoms with van der Waals surface area (Å²) in [6.45, 7) is 5.71. The Hall–Kier alpha value is -2.56. The summed E-state index contributed by atoms with van der Waals surface area (Å²) in [5.74, 6) is 1.13. The van der Waals surface area contributed by atoms with E-state index in [1.165, 1.54) is 12.8 Å². The number of nitrogens with zero attached hydrogens (tertiary/aromatic N) is 1. The fourth-order valence-corrected chi connectivity index (χ4v) is 2.53. The molecule has 2 aromatic rings. The Kier molecular flexibility index (Phi) is 8.46. The number of unbranched alkanes of at least 4 members (excludes halogenated alkanes) is 3. The average molecular weight is 356 g/mol. The predicted molar refractivity (Wildman–Crippen MR) is 103 cm³/mol. The molecule has 1 aromatic carbocycles. The Balaban J connectivity index is 1.97. The molecule has 2 rings (SSSR count). The maximum Gasteiger partial charge on any atom is 0.251 e. The molecule has 0 unspecified atom stereocenters. The molecule has 0 atom stereocenters. The van der Waals surface area contributed by atoms with Gasteiger partial charge in [0.05, 0.1) is 6.61 Å². The molecule has 0 fully saturated rings. The van der Waals surface area contributed by atoms with E-state index in [1.54, 1.807) is 30.6 Å². The fraction of sp³-hybridized carbons (Fsp3) is 0.429. The minimum absolute atomic E-state index is 0.0804. The van der Waals surface area contributed by atoms with Gasteiger partial charge in [0.25, 0.3) is 5.91 Å². The molecule has 1 N–H and O–H groups in total. The summed E-state index contributed by atoms with van der Waals surface area (Å²) in [7, 11) is 0. The summed E-state index contributed by atoms with van der Waals surface area (Å²) >= 11 is 0. The van der Waals surface area contributed by atoms with E-state index in [-0.39, 0.29) is 5.91 Å². The first-order valence-corrected chi connectivity index (χ1v) is 9.31. The highest BCUT2D eigenvalue weighted by molar-refractivity contribution is 5.94. The van der Waals surface area contributed by atoms with E-state index in [0.29, 0.717) is 36.8 Å². The van der Waals surface area contributed by atoms with E-state index in [9.17, 15) is 4.79 Å². The van der Waals surface area contributed by atoms with Gasteiger partial charge in [0, 0.05) is 24.5 Å². The van der Waals surface area contributed by atoms with Crippen LogP contribution in [0.4, 0.5) is 0 Å². The van der Waals surface area contributed by atoms with Gasteiger partial charge in [-0.05, 0) is 49.2 Å². The molecule has 1 heterocycles. The van der Waals surface area contributed by atoms with Crippen molar-refractivity contribution in [2.45, 2.75) is 46.1 Å². The third-order valence-electron chi connectivity index (χ3n) is 3.97. The number of rotatable bonds is 11.